The first-order chi connectivity index (χ1) is 16.3. The monoisotopic (exact) mass is 482 g/mol. The van der Waals surface area contributed by atoms with Gasteiger partial charge in [-0.3, -0.25) is 14.3 Å². The molecule has 4 aromatic rings. The zero-order valence-corrected chi connectivity index (χ0v) is 19.3. The number of imidazole rings is 1. The predicted octanol–water partition coefficient (Wildman–Crippen LogP) is 2.27. The molecule has 1 unspecified atom stereocenters. The number of aryl methyl sites for hydroxylation is 2. The average Bonchev–Trinajstić information content (AvgIpc) is 3.17. The summed E-state index contributed by atoms with van der Waals surface area (Å²) in [7, 11) is 1.49. The lowest BCUT2D eigenvalue weighted by Crippen LogP contribution is -2.30. The van der Waals surface area contributed by atoms with Crippen molar-refractivity contribution in [2.24, 2.45) is 12.1 Å². The Morgan fingerprint density at radius 1 is 1.24 bits per heavy atom. The number of hydrogen-bond acceptors (Lipinski definition) is 7. The Balaban J connectivity index is 1.62. The molecule has 0 saturated heterocycles. The van der Waals surface area contributed by atoms with E-state index in [-0.39, 0.29) is 30.3 Å². The lowest BCUT2D eigenvalue weighted by atomic mass is 10.2. The van der Waals surface area contributed by atoms with Gasteiger partial charge in [0.15, 0.2) is 11.2 Å². The van der Waals surface area contributed by atoms with Crippen molar-refractivity contribution in [3.63, 3.8) is 0 Å². The Hall–Kier alpha value is -3.89. The van der Waals surface area contributed by atoms with Crippen LogP contribution in [0, 0.1) is 6.92 Å². The van der Waals surface area contributed by atoms with Gasteiger partial charge in [-0.25, -0.2) is 10.2 Å². The molecular weight excluding hydrogens is 460 g/mol. The van der Waals surface area contributed by atoms with Crippen LogP contribution in [0.4, 0.5) is 5.95 Å². The first-order valence-corrected chi connectivity index (χ1v) is 10.8. The molecule has 0 saturated carbocycles. The van der Waals surface area contributed by atoms with Crippen molar-refractivity contribution in [1.29, 1.82) is 0 Å². The SMILES string of the molecule is Cc1ccc(OCC(O)Cn2c(NN=Cc3ccccc3Cl)nc3c2c(=O)[nH]c(=O)n3C)cc1. The Morgan fingerprint density at radius 2 is 1.97 bits per heavy atom. The van der Waals surface area contributed by atoms with Crippen molar-refractivity contribution >= 4 is 34.9 Å². The maximum Gasteiger partial charge on any atom is 0.329 e. The van der Waals surface area contributed by atoms with E-state index in [9.17, 15) is 14.7 Å². The Kier molecular flexibility index (Phi) is 6.80. The number of benzene rings is 2. The molecule has 34 heavy (non-hydrogen) atoms. The summed E-state index contributed by atoms with van der Waals surface area (Å²) in [4.78, 5) is 31.3. The number of aromatic amines is 1. The molecule has 0 fully saturated rings. The summed E-state index contributed by atoms with van der Waals surface area (Å²) in [6, 6.07) is 14.6. The van der Waals surface area contributed by atoms with E-state index in [0.717, 1.165) is 5.56 Å². The molecule has 10 nitrogen and oxygen atoms in total. The number of ether oxygens (including phenoxy) is 1. The van der Waals surface area contributed by atoms with E-state index in [2.05, 4.69) is 20.5 Å². The van der Waals surface area contributed by atoms with Crippen molar-refractivity contribution in [3.8, 4) is 5.75 Å². The number of aromatic nitrogens is 4. The van der Waals surface area contributed by atoms with Gasteiger partial charge in [-0.05, 0) is 25.1 Å². The number of nitrogens with zero attached hydrogens (tertiary/aromatic N) is 4. The van der Waals surface area contributed by atoms with Gasteiger partial charge >= 0.3 is 5.69 Å². The molecule has 3 N–H and O–H groups in total. The third-order valence-electron chi connectivity index (χ3n) is 5.14. The van der Waals surface area contributed by atoms with Crippen molar-refractivity contribution in [2.75, 3.05) is 12.0 Å². The highest BCUT2D eigenvalue weighted by atomic mass is 35.5. The summed E-state index contributed by atoms with van der Waals surface area (Å²) in [5, 5.41) is 15.3. The van der Waals surface area contributed by atoms with Crippen LogP contribution in [0.1, 0.15) is 11.1 Å². The fourth-order valence-electron chi connectivity index (χ4n) is 3.33. The first kappa shape index (κ1) is 23.3. The molecule has 176 valence electrons. The smallest absolute Gasteiger partial charge is 0.329 e. The summed E-state index contributed by atoms with van der Waals surface area (Å²) in [6.07, 6.45) is 0.523. The third kappa shape index (κ3) is 5.03. The predicted molar refractivity (Wildman–Crippen MR) is 131 cm³/mol. The van der Waals surface area contributed by atoms with Gasteiger partial charge < -0.3 is 14.4 Å². The number of H-pyrrole nitrogens is 1. The van der Waals surface area contributed by atoms with Crippen molar-refractivity contribution < 1.29 is 9.84 Å². The van der Waals surface area contributed by atoms with Crippen LogP contribution in [0.15, 0.2) is 63.2 Å². The molecule has 2 aromatic carbocycles. The molecule has 11 heteroatoms. The molecule has 0 radical (unpaired) electrons. The van der Waals surface area contributed by atoms with Gasteiger partial charge in [-0.1, -0.05) is 47.5 Å². The van der Waals surface area contributed by atoms with E-state index in [1.54, 1.807) is 18.2 Å². The van der Waals surface area contributed by atoms with Gasteiger partial charge in [0, 0.05) is 17.6 Å². The second kappa shape index (κ2) is 9.94. The zero-order valence-electron chi connectivity index (χ0n) is 18.5. The molecule has 0 aliphatic rings. The maximum atomic E-state index is 12.6. The number of aliphatic hydroxyl groups excluding tert-OH is 1. The number of rotatable bonds is 8. The van der Waals surface area contributed by atoms with E-state index < -0.39 is 17.4 Å². The first-order valence-electron chi connectivity index (χ1n) is 10.4. The Bertz CT molecular complexity index is 1460. The Labute approximate surface area is 199 Å². The van der Waals surface area contributed by atoms with Crippen LogP contribution in [0.2, 0.25) is 5.02 Å². The van der Waals surface area contributed by atoms with Crippen LogP contribution in [0.25, 0.3) is 11.2 Å². The summed E-state index contributed by atoms with van der Waals surface area (Å²) in [5.41, 5.74) is 3.59. The number of hydrogen-bond donors (Lipinski definition) is 3. The highest BCUT2D eigenvalue weighted by molar-refractivity contribution is 6.33. The van der Waals surface area contributed by atoms with Gasteiger partial charge in [-0.15, -0.1) is 0 Å². The minimum absolute atomic E-state index is 0.0191. The van der Waals surface area contributed by atoms with Gasteiger partial charge in [0.25, 0.3) is 5.56 Å². The molecule has 0 aliphatic carbocycles. The number of aliphatic hydroxyl groups is 1. The molecule has 2 heterocycles. The highest BCUT2D eigenvalue weighted by Crippen LogP contribution is 2.18. The average molecular weight is 483 g/mol. The van der Waals surface area contributed by atoms with Crippen LogP contribution in [-0.2, 0) is 13.6 Å². The van der Waals surface area contributed by atoms with Crippen LogP contribution < -0.4 is 21.4 Å². The normalized spacial score (nSPS) is 12.4. The summed E-state index contributed by atoms with van der Waals surface area (Å²) < 4.78 is 8.33. The summed E-state index contributed by atoms with van der Waals surface area (Å²) in [6.45, 7) is 1.92. The van der Waals surface area contributed by atoms with E-state index in [1.807, 2.05) is 37.3 Å². The second-order valence-electron chi connectivity index (χ2n) is 7.71. The summed E-state index contributed by atoms with van der Waals surface area (Å²) >= 11 is 6.15. The molecule has 1 atom stereocenters. The minimum atomic E-state index is -0.983. The van der Waals surface area contributed by atoms with Crippen LogP contribution >= 0.6 is 11.6 Å². The molecule has 0 amide bonds. The second-order valence-corrected chi connectivity index (χ2v) is 8.11. The lowest BCUT2D eigenvalue weighted by molar-refractivity contribution is 0.0938. The molecule has 0 bridgehead atoms. The lowest BCUT2D eigenvalue weighted by Gasteiger charge is -2.15. The van der Waals surface area contributed by atoms with Gasteiger partial charge in [0.05, 0.1) is 12.8 Å². The largest absolute Gasteiger partial charge is 0.491 e. The van der Waals surface area contributed by atoms with E-state index >= 15 is 0 Å². The van der Waals surface area contributed by atoms with Gasteiger partial charge in [0.1, 0.15) is 18.5 Å². The van der Waals surface area contributed by atoms with Gasteiger partial charge in [-0.2, -0.15) is 10.1 Å². The quantitative estimate of drug-likeness (QED) is 0.261. The van der Waals surface area contributed by atoms with E-state index in [1.165, 1.54) is 22.4 Å². The molecular formula is C23H23ClN6O4. The number of hydrazone groups is 1. The molecule has 0 spiro atoms. The van der Waals surface area contributed by atoms with E-state index in [0.29, 0.717) is 16.3 Å². The standard InChI is InChI=1S/C23H23ClN6O4/c1-14-7-9-17(10-8-14)34-13-16(31)12-30-19-20(29(2)23(33)27-21(19)32)26-22(30)28-25-11-15-5-3-4-6-18(15)24/h3-11,16,31H,12-13H2,1-2H3,(H,26,28)(H,27,32,33). The number of nitrogens with one attached hydrogen (secondary N) is 2. The van der Waals surface area contributed by atoms with Crippen LogP contribution in [0.5, 0.6) is 5.75 Å². The van der Waals surface area contributed by atoms with E-state index in [4.69, 9.17) is 16.3 Å². The fourth-order valence-corrected chi connectivity index (χ4v) is 3.51. The Morgan fingerprint density at radius 3 is 2.71 bits per heavy atom. The van der Waals surface area contributed by atoms with Crippen LogP contribution in [0.3, 0.4) is 0 Å². The number of halogens is 1. The van der Waals surface area contributed by atoms with Crippen LogP contribution in [-0.4, -0.2) is 43.1 Å². The van der Waals surface area contributed by atoms with Gasteiger partial charge in [0.2, 0.25) is 5.95 Å². The molecule has 0 aliphatic heterocycles. The van der Waals surface area contributed by atoms with Crippen molar-refractivity contribution in [3.05, 3.63) is 85.5 Å². The highest BCUT2D eigenvalue weighted by Gasteiger charge is 2.20. The molecule has 4 rings (SSSR count). The fraction of sp³-hybridized carbons (Fsp3) is 0.217. The number of anilines is 1. The number of fused-ring (bicyclic) bond motifs is 1. The topological polar surface area (TPSA) is 127 Å². The minimum Gasteiger partial charge on any atom is -0.491 e. The van der Waals surface area contributed by atoms with Crippen molar-refractivity contribution in [1.82, 2.24) is 19.1 Å². The maximum absolute atomic E-state index is 12.6. The third-order valence-corrected chi connectivity index (χ3v) is 5.48. The van der Waals surface area contributed by atoms with Crippen molar-refractivity contribution in [2.45, 2.75) is 19.6 Å². The zero-order chi connectivity index (χ0) is 24.2. The molecule has 2 aromatic heterocycles. The summed E-state index contributed by atoms with van der Waals surface area (Å²) in [5.74, 6) is 0.780.